The minimum atomic E-state index is -4.50. The van der Waals surface area contributed by atoms with Gasteiger partial charge in [0.05, 0.1) is 17.0 Å². The molecule has 1 N–H and O–H groups in total. The van der Waals surface area contributed by atoms with Crippen LogP contribution in [0.4, 0.5) is 29.3 Å². The Bertz CT molecular complexity index is 1270. The predicted octanol–water partition coefficient (Wildman–Crippen LogP) is 6.76. The Morgan fingerprint density at radius 3 is 2.25 bits per heavy atom. The predicted molar refractivity (Wildman–Crippen MR) is 132 cm³/mol. The van der Waals surface area contributed by atoms with Crippen molar-refractivity contribution in [2.75, 3.05) is 23.3 Å². The Labute approximate surface area is 211 Å². The molecule has 2 heterocycles. The molecule has 5 rings (SSSR count). The van der Waals surface area contributed by atoms with Crippen LogP contribution in [0, 0.1) is 5.41 Å². The maximum absolute atomic E-state index is 13.6. The number of nitrogens with zero attached hydrogens (tertiary/aromatic N) is 2. The third-order valence-corrected chi connectivity index (χ3v) is 7.28. The van der Waals surface area contributed by atoms with Gasteiger partial charge in [-0.3, -0.25) is 4.79 Å². The van der Waals surface area contributed by atoms with E-state index in [-0.39, 0.29) is 17.6 Å². The zero-order valence-electron chi connectivity index (χ0n) is 19.1. The molecule has 3 amide bonds. The molecule has 0 aromatic heterocycles. The summed E-state index contributed by atoms with van der Waals surface area (Å²) in [5, 5.41) is 3.16. The Kier molecular flexibility index (Phi) is 6.16. The minimum absolute atomic E-state index is 0.00610. The lowest BCUT2D eigenvalue weighted by molar-refractivity contribution is -0.144. The molecule has 1 atom stereocenters. The molecule has 2 saturated heterocycles. The highest BCUT2D eigenvalue weighted by molar-refractivity contribution is 6.30. The van der Waals surface area contributed by atoms with Crippen molar-refractivity contribution in [3.63, 3.8) is 0 Å². The van der Waals surface area contributed by atoms with E-state index in [0.29, 0.717) is 31.0 Å². The van der Waals surface area contributed by atoms with E-state index in [9.17, 15) is 22.8 Å². The topological polar surface area (TPSA) is 52.7 Å². The van der Waals surface area contributed by atoms with Crippen LogP contribution in [-0.4, -0.2) is 29.9 Å². The van der Waals surface area contributed by atoms with Gasteiger partial charge in [0.15, 0.2) is 0 Å². The number of likely N-dealkylation sites (tertiary alicyclic amines) is 1. The number of urea groups is 1. The lowest BCUT2D eigenvalue weighted by atomic mass is 9.62. The van der Waals surface area contributed by atoms with E-state index in [4.69, 9.17) is 11.6 Å². The van der Waals surface area contributed by atoms with Crippen molar-refractivity contribution in [3.8, 4) is 0 Å². The first-order valence-corrected chi connectivity index (χ1v) is 11.9. The third kappa shape index (κ3) is 4.30. The summed E-state index contributed by atoms with van der Waals surface area (Å²) < 4.78 is 39.0. The van der Waals surface area contributed by atoms with Crippen molar-refractivity contribution < 1.29 is 22.8 Å². The molecule has 3 aromatic rings. The summed E-state index contributed by atoms with van der Waals surface area (Å²) in [5.74, 6) is 0.00610. The van der Waals surface area contributed by atoms with Crippen molar-refractivity contribution >= 4 is 34.9 Å². The van der Waals surface area contributed by atoms with Crippen LogP contribution >= 0.6 is 11.6 Å². The number of anilines is 2. The van der Waals surface area contributed by atoms with Crippen LogP contribution in [-0.2, 0) is 11.0 Å². The molecule has 0 aliphatic carbocycles. The molecule has 36 heavy (non-hydrogen) atoms. The summed E-state index contributed by atoms with van der Waals surface area (Å²) in [4.78, 5) is 29.7. The maximum Gasteiger partial charge on any atom is 0.416 e. The Hall–Kier alpha value is -3.52. The number of piperidine rings is 1. The highest BCUT2D eigenvalue weighted by atomic mass is 35.5. The number of benzene rings is 3. The molecule has 2 aliphatic rings. The highest BCUT2D eigenvalue weighted by Crippen LogP contribution is 2.57. The SMILES string of the molecule is O=C(Nc1cccc(C(F)(F)F)c1)N1CCC2(CC1)C(=O)N(c1ccccc1)C2c1ccc(Cl)cc1. The number of amides is 3. The van der Waals surface area contributed by atoms with Gasteiger partial charge in [-0.1, -0.05) is 48.0 Å². The Morgan fingerprint density at radius 2 is 1.61 bits per heavy atom. The van der Waals surface area contributed by atoms with Gasteiger partial charge in [-0.25, -0.2) is 4.79 Å². The lowest BCUT2D eigenvalue weighted by Crippen LogP contribution is -2.67. The number of β-lactam (4-membered cyclic amide) rings is 1. The van der Waals surface area contributed by atoms with Crippen LogP contribution in [0.25, 0.3) is 0 Å². The fraction of sp³-hybridized carbons (Fsp3) is 0.259. The number of hydrogen-bond acceptors (Lipinski definition) is 2. The van der Waals surface area contributed by atoms with Crippen molar-refractivity contribution in [2.45, 2.75) is 25.1 Å². The molecule has 0 radical (unpaired) electrons. The monoisotopic (exact) mass is 513 g/mol. The molecule has 1 unspecified atom stereocenters. The van der Waals surface area contributed by atoms with Crippen LogP contribution in [0.1, 0.15) is 30.0 Å². The fourth-order valence-corrected chi connectivity index (χ4v) is 5.32. The van der Waals surface area contributed by atoms with E-state index < -0.39 is 23.2 Å². The largest absolute Gasteiger partial charge is 0.416 e. The zero-order chi connectivity index (χ0) is 25.5. The van der Waals surface area contributed by atoms with Crippen LogP contribution in [0.2, 0.25) is 5.02 Å². The van der Waals surface area contributed by atoms with Gasteiger partial charge in [0.1, 0.15) is 0 Å². The van der Waals surface area contributed by atoms with Crippen LogP contribution in [0.3, 0.4) is 0 Å². The lowest BCUT2D eigenvalue weighted by Gasteiger charge is -2.59. The number of nitrogens with one attached hydrogen (secondary N) is 1. The molecule has 1 spiro atoms. The van der Waals surface area contributed by atoms with E-state index in [1.54, 1.807) is 21.9 Å². The number of carbonyl (C=O) groups is 2. The normalized spacial score (nSPS) is 19.2. The van der Waals surface area contributed by atoms with Gasteiger partial charge in [0.2, 0.25) is 5.91 Å². The van der Waals surface area contributed by atoms with Gasteiger partial charge in [0.25, 0.3) is 0 Å². The molecule has 0 saturated carbocycles. The van der Waals surface area contributed by atoms with Crippen LogP contribution in [0.15, 0.2) is 78.9 Å². The quantitative estimate of drug-likeness (QED) is 0.393. The second-order valence-electron chi connectivity index (χ2n) is 9.12. The summed E-state index contributed by atoms with van der Waals surface area (Å²) in [6.07, 6.45) is -3.61. The maximum atomic E-state index is 13.6. The zero-order valence-corrected chi connectivity index (χ0v) is 19.9. The molecular weight excluding hydrogens is 491 g/mol. The number of rotatable bonds is 3. The van der Waals surface area contributed by atoms with Gasteiger partial charge in [-0.15, -0.1) is 0 Å². The summed E-state index contributed by atoms with van der Waals surface area (Å²) in [5.41, 5.74) is 0.341. The van der Waals surface area contributed by atoms with E-state index in [1.165, 1.54) is 12.1 Å². The molecule has 2 fully saturated rings. The smallest absolute Gasteiger partial charge is 0.324 e. The molecular formula is C27H23ClF3N3O2. The average Bonchev–Trinajstić information content (AvgIpc) is 2.88. The summed E-state index contributed by atoms with van der Waals surface area (Å²) in [6, 6.07) is 20.7. The molecule has 3 aromatic carbocycles. The van der Waals surface area contributed by atoms with Gasteiger partial charge < -0.3 is 15.1 Å². The minimum Gasteiger partial charge on any atom is -0.324 e. The molecule has 186 valence electrons. The van der Waals surface area contributed by atoms with E-state index in [0.717, 1.165) is 23.4 Å². The molecule has 0 bridgehead atoms. The fourth-order valence-electron chi connectivity index (χ4n) is 5.20. The van der Waals surface area contributed by atoms with Gasteiger partial charge in [-0.05, 0) is 60.9 Å². The second kappa shape index (κ2) is 9.17. The standard InChI is InChI=1S/C27H23ClF3N3O2/c28-20-11-9-18(10-12-20)23-26(24(35)34(23)22-7-2-1-3-8-22)13-15-33(16-14-26)25(36)32-21-6-4-5-19(17-21)27(29,30)31/h1-12,17,23H,13-16H2,(H,32,36). The third-order valence-electron chi connectivity index (χ3n) is 7.03. The van der Waals surface area contributed by atoms with E-state index in [1.807, 2.05) is 42.5 Å². The van der Waals surface area contributed by atoms with Crippen molar-refractivity contribution in [3.05, 3.63) is 95.0 Å². The average molecular weight is 514 g/mol. The number of alkyl halides is 3. The van der Waals surface area contributed by atoms with Crippen molar-refractivity contribution in [1.82, 2.24) is 4.90 Å². The van der Waals surface area contributed by atoms with Crippen LogP contribution < -0.4 is 10.2 Å². The van der Waals surface area contributed by atoms with E-state index in [2.05, 4.69) is 5.32 Å². The molecule has 5 nitrogen and oxygen atoms in total. The number of para-hydroxylation sites is 1. The van der Waals surface area contributed by atoms with Crippen LogP contribution in [0.5, 0.6) is 0 Å². The van der Waals surface area contributed by atoms with Gasteiger partial charge >= 0.3 is 12.2 Å². The van der Waals surface area contributed by atoms with Gasteiger partial charge in [-0.2, -0.15) is 13.2 Å². The number of hydrogen-bond donors (Lipinski definition) is 1. The molecule has 2 aliphatic heterocycles. The Morgan fingerprint density at radius 1 is 0.944 bits per heavy atom. The van der Waals surface area contributed by atoms with Gasteiger partial charge in [0, 0.05) is 29.5 Å². The Balaban J connectivity index is 1.34. The molecule has 9 heteroatoms. The first-order chi connectivity index (χ1) is 17.2. The van der Waals surface area contributed by atoms with Crippen molar-refractivity contribution in [1.29, 1.82) is 0 Å². The summed E-state index contributed by atoms with van der Waals surface area (Å²) >= 11 is 6.10. The number of halogens is 4. The number of carbonyl (C=O) groups excluding carboxylic acids is 2. The van der Waals surface area contributed by atoms with Crippen molar-refractivity contribution in [2.24, 2.45) is 5.41 Å². The first-order valence-electron chi connectivity index (χ1n) is 11.6. The highest BCUT2D eigenvalue weighted by Gasteiger charge is 2.62. The summed E-state index contributed by atoms with van der Waals surface area (Å²) in [6.45, 7) is 0.618. The summed E-state index contributed by atoms with van der Waals surface area (Å²) in [7, 11) is 0. The second-order valence-corrected chi connectivity index (χ2v) is 9.55. The van der Waals surface area contributed by atoms with E-state index >= 15 is 0 Å². The first kappa shape index (κ1) is 24.2.